The van der Waals surface area contributed by atoms with Crippen LogP contribution in [0.4, 0.5) is 11.4 Å². The van der Waals surface area contributed by atoms with Crippen molar-refractivity contribution in [2.24, 2.45) is 5.41 Å². The zero-order chi connectivity index (χ0) is 23.1. The van der Waals surface area contributed by atoms with E-state index >= 15 is 0 Å². The van der Waals surface area contributed by atoms with Crippen LogP contribution < -0.4 is 5.32 Å². The number of rotatable bonds is 3. The minimum Gasteiger partial charge on any atom is -0.320 e. The molecule has 2 atom stereocenters. The second kappa shape index (κ2) is 6.34. The molecule has 1 N–H and O–H groups in total. The van der Waals surface area contributed by atoms with Crippen molar-refractivity contribution >= 4 is 28.3 Å². The van der Waals surface area contributed by atoms with Crippen molar-refractivity contribution in [3.05, 3.63) is 69.0 Å². The van der Waals surface area contributed by atoms with E-state index in [4.69, 9.17) is 9.97 Å². The molecule has 7 nitrogen and oxygen atoms in total. The Balaban J connectivity index is 1.69. The maximum atomic E-state index is 14.0. The van der Waals surface area contributed by atoms with Crippen LogP contribution in [0.15, 0.2) is 36.4 Å². The fourth-order valence-electron chi connectivity index (χ4n) is 5.83. The van der Waals surface area contributed by atoms with Gasteiger partial charge in [0.15, 0.2) is 0 Å². The highest BCUT2D eigenvalue weighted by Gasteiger charge is 2.73. The average Bonchev–Trinajstić information content (AvgIpc) is 3.04. The highest BCUT2D eigenvalue weighted by atomic mass is 16.6. The molecule has 1 heterocycles. The van der Waals surface area contributed by atoms with Gasteiger partial charge < -0.3 is 5.32 Å². The summed E-state index contributed by atoms with van der Waals surface area (Å²) in [6.07, 6.45) is 1.43. The van der Waals surface area contributed by atoms with Crippen molar-refractivity contribution in [1.29, 1.82) is 0 Å². The third-order valence-corrected chi connectivity index (χ3v) is 8.39. The molecule has 1 fully saturated rings. The van der Waals surface area contributed by atoms with Crippen LogP contribution in [-0.4, -0.2) is 20.8 Å². The normalized spacial score (nSPS) is 25.0. The second-order valence-electron chi connectivity index (χ2n) is 9.94. The number of aryl methyl sites for hydroxylation is 2. The standard InChI is InChI=1S/C25H26N4O3/c1-14-12-18(19(29(31)32)13-15(14)2)28-22(30)25-11-10-24(5,23(25,3)4)20-21(25)27-17-9-7-6-8-16(17)26-20/h6-9,12-13H,10-11H2,1-5H3,(H,28,30). The number of aromatic nitrogens is 2. The number of fused-ring (bicyclic) bond motifs is 6. The highest BCUT2D eigenvalue weighted by Crippen LogP contribution is 2.70. The highest BCUT2D eigenvalue weighted by molar-refractivity contribution is 6.03. The molecule has 2 unspecified atom stereocenters. The van der Waals surface area contributed by atoms with Crippen LogP contribution in [0, 0.1) is 29.4 Å². The lowest BCUT2D eigenvalue weighted by molar-refractivity contribution is -0.384. The number of nitrogens with one attached hydrogen (secondary N) is 1. The molecular weight excluding hydrogens is 404 g/mol. The molecular formula is C25H26N4O3. The number of nitro benzene ring substituents is 1. The van der Waals surface area contributed by atoms with Crippen molar-refractivity contribution in [1.82, 2.24) is 9.97 Å². The number of nitro groups is 1. The first-order valence-corrected chi connectivity index (χ1v) is 10.9. The molecule has 7 heteroatoms. The number of hydrogen-bond acceptors (Lipinski definition) is 5. The van der Waals surface area contributed by atoms with Gasteiger partial charge in [-0.2, -0.15) is 0 Å². The largest absolute Gasteiger partial charge is 0.320 e. The van der Waals surface area contributed by atoms with Gasteiger partial charge in [0.05, 0.1) is 32.8 Å². The lowest BCUT2D eigenvalue weighted by Gasteiger charge is -2.39. The van der Waals surface area contributed by atoms with E-state index in [0.717, 1.165) is 34.3 Å². The van der Waals surface area contributed by atoms with E-state index in [-0.39, 0.29) is 22.7 Å². The smallest absolute Gasteiger partial charge is 0.293 e. The summed E-state index contributed by atoms with van der Waals surface area (Å²) in [5.74, 6) is -0.249. The van der Waals surface area contributed by atoms with Crippen molar-refractivity contribution in [3.63, 3.8) is 0 Å². The lowest BCUT2D eigenvalue weighted by atomic mass is 9.63. The average molecular weight is 431 g/mol. The second-order valence-corrected chi connectivity index (χ2v) is 9.94. The monoisotopic (exact) mass is 430 g/mol. The van der Waals surface area contributed by atoms with Gasteiger partial charge in [-0.1, -0.05) is 32.9 Å². The molecule has 5 rings (SSSR count). The quantitative estimate of drug-likeness (QED) is 0.459. The zero-order valence-corrected chi connectivity index (χ0v) is 18.9. The van der Waals surface area contributed by atoms with Crippen LogP contribution in [0.2, 0.25) is 0 Å². The number of hydrogen-bond donors (Lipinski definition) is 1. The van der Waals surface area contributed by atoms with Crippen LogP contribution in [0.5, 0.6) is 0 Å². The molecule has 2 aromatic carbocycles. The van der Waals surface area contributed by atoms with Crippen molar-refractivity contribution in [3.8, 4) is 0 Å². The topological polar surface area (TPSA) is 98.0 Å². The van der Waals surface area contributed by atoms with E-state index in [1.807, 2.05) is 38.1 Å². The van der Waals surface area contributed by atoms with Gasteiger partial charge in [0.25, 0.3) is 5.69 Å². The van der Waals surface area contributed by atoms with Crippen molar-refractivity contribution < 1.29 is 9.72 Å². The van der Waals surface area contributed by atoms with Crippen LogP contribution in [0.1, 0.15) is 56.1 Å². The number of benzene rings is 2. The maximum absolute atomic E-state index is 14.0. The Labute approximate surface area is 186 Å². The van der Waals surface area contributed by atoms with Gasteiger partial charge in [-0.25, -0.2) is 9.97 Å². The number of carbonyl (C=O) groups is 1. The van der Waals surface area contributed by atoms with Gasteiger partial charge in [-0.05, 0) is 61.4 Å². The number of nitrogens with zero attached hydrogens (tertiary/aromatic N) is 3. The van der Waals surface area contributed by atoms with Gasteiger partial charge in [-0.3, -0.25) is 14.9 Å². The Kier molecular flexibility index (Phi) is 4.07. The molecule has 2 bridgehead atoms. The Bertz CT molecular complexity index is 1330. The van der Waals surface area contributed by atoms with Gasteiger partial charge in [-0.15, -0.1) is 0 Å². The van der Waals surface area contributed by atoms with E-state index in [1.165, 1.54) is 6.07 Å². The third kappa shape index (κ3) is 2.34. The molecule has 0 radical (unpaired) electrons. The van der Waals surface area contributed by atoms with Crippen LogP contribution in [0.25, 0.3) is 11.0 Å². The first-order valence-electron chi connectivity index (χ1n) is 10.9. The minimum absolute atomic E-state index is 0.0979. The summed E-state index contributed by atoms with van der Waals surface area (Å²) < 4.78 is 0. The summed E-state index contributed by atoms with van der Waals surface area (Å²) in [5, 5.41) is 14.6. The summed E-state index contributed by atoms with van der Waals surface area (Å²) in [4.78, 5) is 35.2. The maximum Gasteiger partial charge on any atom is 0.293 e. The first kappa shape index (κ1) is 20.5. The summed E-state index contributed by atoms with van der Waals surface area (Å²) in [6, 6.07) is 10.9. The molecule has 0 spiro atoms. The van der Waals surface area contributed by atoms with Crippen molar-refractivity contribution in [2.75, 3.05) is 5.32 Å². The summed E-state index contributed by atoms with van der Waals surface area (Å²) in [5.41, 5.74) is 3.28. The van der Waals surface area contributed by atoms with Gasteiger partial charge >= 0.3 is 0 Å². The van der Waals surface area contributed by atoms with E-state index < -0.39 is 15.8 Å². The van der Waals surface area contributed by atoms with Gasteiger partial charge in [0.1, 0.15) is 5.69 Å². The molecule has 2 aliphatic rings. The summed E-state index contributed by atoms with van der Waals surface area (Å²) in [7, 11) is 0. The predicted molar refractivity (Wildman–Crippen MR) is 123 cm³/mol. The van der Waals surface area contributed by atoms with Gasteiger partial charge in [0, 0.05) is 11.5 Å². The van der Waals surface area contributed by atoms with E-state index in [1.54, 1.807) is 6.07 Å². The molecule has 0 aliphatic heterocycles. The Morgan fingerprint density at radius 3 is 2.22 bits per heavy atom. The minimum atomic E-state index is -0.916. The molecule has 164 valence electrons. The van der Waals surface area contributed by atoms with Gasteiger partial charge in [0.2, 0.25) is 5.91 Å². The molecule has 0 saturated heterocycles. The summed E-state index contributed by atoms with van der Waals surface area (Å²) >= 11 is 0. The Hall–Kier alpha value is -3.35. The predicted octanol–water partition coefficient (Wildman–Crippen LogP) is 5.12. The van der Waals surface area contributed by atoms with Crippen LogP contribution >= 0.6 is 0 Å². The molecule has 2 aliphatic carbocycles. The number of para-hydroxylation sites is 2. The lowest BCUT2D eigenvalue weighted by Crippen LogP contribution is -2.48. The van der Waals surface area contributed by atoms with E-state index in [0.29, 0.717) is 12.1 Å². The first-order chi connectivity index (χ1) is 15.0. The Morgan fingerprint density at radius 1 is 1.00 bits per heavy atom. The van der Waals surface area contributed by atoms with E-state index in [2.05, 4.69) is 26.1 Å². The summed E-state index contributed by atoms with van der Waals surface area (Å²) in [6.45, 7) is 10.1. The number of anilines is 1. The zero-order valence-electron chi connectivity index (χ0n) is 18.9. The van der Waals surface area contributed by atoms with Crippen molar-refractivity contribution in [2.45, 2.75) is 58.3 Å². The SMILES string of the molecule is Cc1cc(NC(=O)C23CCC(C)(c4nc5ccccc5nc42)C3(C)C)c([N+](=O)[O-])cc1C. The van der Waals surface area contributed by atoms with Crippen LogP contribution in [0.3, 0.4) is 0 Å². The fraction of sp³-hybridized carbons (Fsp3) is 0.400. The molecule has 1 saturated carbocycles. The number of carbonyl (C=O) groups excluding carboxylic acids is 1. The molecule has 3 aromatic rings. The van der Waals surface area contributed by atoms with E-state index in [9.17, 15) is 14.9 Å². The van der Waals surface area contributed by atoms with Crippen LogP contribution in [-0.2, 0) is 15.6 Å². The number of amides is 1. The third-order valence-electron chi connectivity index (χ3n) is 8.39. The Morgan fingerprint density at radius 2 is 1.59 bits per heavy atom. The molecule has 1 amide bonds. The fourth-order valence-corrected chi connectivity index (χ4v) is 5.83. The molecule has 32 heavy (non-hydrogen) atoms. The molecule has 1 aromatic heterocycles.